The maximum absolute atomic E-state index is 5.99. The second-order valence-electron chi connectivity index (χ2n) is 5.91. The molecule has 2 aromatic carbocycles. The van der Waals surface area contributed by atoms with Crippen LogP contribution in [0.15, 0.2) is 57.9 Å². The zero-order chi connectivity index (χ0) is 15.6. The monoisotopic (exact) mass is 305 g/mol. The van der Waals surface area contributed by atoms with Crippen LogP contribution in [-0.4, -0.2) is 5.96 Å². The molecule has 0 atom stereocenters. The van der Waals surface area contributed by atoms with Crippen molar-refractivity contribution in [3.63, 3.8) is 0 Å². The van der Waals surface area contributed by atoms with Crippen molar-refractivity contribution in [3.05, 3.63) is 65.4 Å². The van der Waals surface area contributed by atoms with Crippen molar-refractivity contribution in [2.24, 2.45) is 10.7 Å². The molecule has 116 valence electrons. The summed E-state index contributed by atoms with van der Waals surface area (Å²) in [4.78, 5) is 4.37. The molecule has 0 radical (unpaired) electrons. The lowest BCUT2D eigenvalue weighted by Crippen LogP contribution is -2.22. The van der Waals surface area contributed by atoms with Crippen LogP contribution in [0.25, 0.3) is 11.0 Å². The maximum atomic E-state index is 5.99. The molecule has 3 N–H and O–H groups in total. The van der Waals surface area contributed by atoms with E-state index in [0.717, 1.165) is 28.8 Å². The van der Waals surface area contributed by atoms with Gasteiger partial charge in [-0.2, -0.15) is 0 Å². The van der Waals surface area contributed by atoms with Gasteiger partial charge in [-0.3, -0.25) is 0 Å². The SMILES string of the molecule is NC(=NCc1cc2ccccc2o1)Nc1ccc2c(c1)CCC2. The van der Waals surface area contributed by atoms with E-state index in [2.05, 4.69) is 28.5 Å². The third kappa shape index (κ3) is 2.93. The molecule has 1 aliphatic carbocycles. The number of furan rings is 1. The number of rotatable bonds is 3. The topological polar surface area (TPSA) is 63.5 Å². The fourth-order valence-corrected chi connectivity index (χ4v) is 3.11. The highest BCUT2D eigenvalue weighted by Crippen LogP contribution is 2.25. The van der Waals surface area contributed by atoms with Gasteiger partial charge in [-0.1, -0.05) is 24.3 Å². The summed E-state index contributed by atoms with van der Waals surface area (Å²) in [6, 6.07) is 16.3. The average molecular weight is 305 g/mol. The fraction of sp³-hybridized carbons (Fsp3) is 0.211. The van der Waals surface area contributed by atoms with Gasteiger partial charge in [-0.25, -0.2) is 4.99 Å². The van der Waals surface area contributed by atoms with Crippen LogP contribution in [0, 0.1) is 0 Å². The lowest BCUT2D eigenvalue weighted by atomic mass is 10.1. The number of hydrogen-bond acceptors (Lipinski definition) is 2. The van der Waals surface area contributed by atoms with Crippen molar-refractivity contribution in [3.8, 4) is 0 Å². The molecule has 0 spiro atoms. The largest absolute Gasteiger partial charge is 0.459 e. The normalized spacial score (nSPS) is 14.2. The number of para-hydroxylation sites is 1. The van der Waals surface area contributed by atoms with Crippen LogP contribution in [0.4, 0.5) is 5.69 Å². The molecule has 1 aromatic heterocycles. The molecule has 0 saturated carbocycles. The molecule has 23 heavy (non-hydrogen) atoms. The Balaban J connectivity index is 1.46. The second kappa shape index (κ2) is 5.80. The fourth-order valence-electron chi connectivity index (χ4n) is 3.11. The Morgan fingerprint density at radius 1 is 1.09 bits per heavy atom. The Labute approximate surface area is 135 Å². The number of hydrogen-bond donors (Lipinski definition) is 2. The Bertz CT molecular complexity index is 846. The lowest BCUT2D eigenvalue weighted by molar-refractivity contribution is 0.553. The molecule has 0 bridgehead atoms. The quantitative estimate of drug-likeness (QED) is 0.570. The molecule has 0 aliphatic heterocycles. The van der Waals surface area contributed by atoms with Crippen LogP contribution in [0.5, 0.6) is 0 Å². The minimum Gasteiger partial charge on any atom is -0.459 e. The van der Waals surface area contributed by atoms with E-state index in [1.54, 1.807) is 0 Å². The summed E-state index contributed by atoms with van der Waals surface area (Å²) >= 11 is 0. The number of benzene rings is 2. The van der Waals surface area contributed by atoms with E-state index < -0.39 is 0 Å². The Hall–Kier alpha value is -2.75. The van der Waals surface area contributed by atoms with Crippen LogP contribution in [0.3, 0.4) is 0 Å². The Kier molecular flexibility index (Phi) is 3.50. The molecule has 0 unspecified atom stereocenters. The highest BCUT2D eigenvalue weighted by molar-refractivity contribution is 5.92. The molecule has 4 nitrogen and oxygen atoms in total. The first-order chi connectivity index (χ1) is 11.3. The lowest BCUT2D eigenvalue weighted by Gasteiger charge is -2.07. The summed E-state index contributed by atoms with van der Waals surface area (Å²) in [6.45, 7) is 0.429. The zero-order valence-corrected chi connectivity index (χ0v) is 12.9. The summed E-state index contributed by atoms with van der Waals surface area (Å²) in [5.74, 6) is 1.22. The van der Waals surface area contributed by atoms with Gasteiger partial charge < -0.3 is 15.5 Å². The van der Waals surface area contributed by atoms with Crippen LogP contribution >= 0.6 is 0 Å². The van der Waals surface area contributed by atoms with Crippen LogP contribution < -0.4 is 11.1 Å². The maximum Gasteiger partial charge on any atom is 0.193 e. The van der Waals surface area contributed by atoms with Crippen molar-refractivity contribution in [2.75, 3.05) is 5.32 Å². The highest BCUT2D eigenvalue weighted by atomic mass is 16.3. The van der Waals surface area contributed by atoms with Crippen LogP contribution in [0.2, 0.25) is 0 Å². The van der Waals surface area contributed by atoms with E-state index in [-0.39, 0.29) is 0 Å². The number of aryl methyl sites for hydroxylation is 2. The number of nitrogens with one attached hydrogen (secondary N) is 1. The second-order valence-corrected chi connectivity index (χ2v) is 5.91. The minimum atomic E-state index is 0.406. The average Bonchev–Trinajstić information content (AvgIpc) is 3.18. The molecule has 0 fully saturated rings. The van der Waals surface area contributed by atoms with E-state index in [1.165, 1.54) is 24.0 Å². The predicted octanol–water partition coefficient (Wildman–Crippen LogP) is 3.85. The highest BCUT2D eigenvalue weighted by Gasteiger charge is 2.11. The van der Waals surface area contributed by atoms with Gasteiger partial charge in [-0.05, 0) is 54.7 Å². The van der Waals surface area contributed by atoms with E-state index in [0.29, 0.717) is 12.5 Å². The van der Waals surface area contributed by atoms with Crippen molar-refractivity contribution in [2.45, 2.75) is 25.8 Å². The van der Waals surface area contributed by atoms with Gasteiger partial charge in [0.15, 0.2) is 5.96 Å². The van der Waals surface area contributed by atoms with Crippen molar-refractivity contribution >= 4 is 22.6 Å². The summed E-state index contributed by atoms with van der Waals surface area (Å²) in [6.07, 6.45) is 3.58. The van der Waals surface area contributed by atoms with Gasteiger partial charge in [0.25, 0.3) is 0 Å². The van der Waals surface area contributed by atoms with E-state index in [4.69, 9.17) is 10.2 Å². The van der Waals surface area contributed by atoms with Crippen molar-refractivity contribution in [1.82, 2.24) is 0 Å². The van der Waals surface area contributed by atoms with Gasteiger partial charge in [-0.15, -0.1) is 0 Å². The smallest absolute Gasteiger partial charge is 0.193 e. The third-order valence-corrected chi connectivity index (χ3v) is 4.25. The predicted molar refractivity (Wildman–Crippen MR) is 93.6 cm³/mol. The van der Waals surface area contributed by atoms with E-state index in [9.17, 15) is 0 Å². The van der Waals surface area contributed by atoms with Crippen LogP contribution in [-0.2, 0) is 19.4 Å². The minimum absolute atomic E-state index is 0.406. The summed E-state index contributed by atoms with van der Waals surface area (Å²) in [7, 11) is 0. The number of fused-ring (bicyclic) bond motifs is 2. The summed E-state index contributed by atoms with van der Waals surface area (Å²) < 4.78 is 5.74. The molecule has 1 aliphatic rings. The molecule has 4 heteroatoms. The van der Waals surface area contributed by atoms with Gasteiger partial charge in [0.2, 0.25) is 0 Å². The molecule has 1 heterocycles. The Morgan fingerprint density at radius 2 is 1.96 bits per heavy atom. The Morgan fingerprint density at radius 3 is 2.87 bits per heavy atom. The molecule has 3 aromatic rings. The first kappa shape index (κ1) is 13.9. The van der Waals surface area contributed by atoms with Gasteiger partial charge in [0, 0.05) is 11.1 Å². The molecule has 0 amide bonds. The van der Waals surface area contributed by atoms with Gasteiger partial charge >= 0.3 is 0 Å². The zero-order valence-electron chi connectivity index (χ0n) is 12.9. The summed E-state index contributed by atoms with van der Waals surface area (Å²) in [5, 5.41) is 4.25. The number of anilines is 1. The van der Waals surface area contributed by atoms with Crippen molar-refractivity contribution in [1.29, 1.82) is 0 Å². The number of nitrogens with two attached hydrogens (primary N) is 1. The van der Waals surface area contributed by atoms with Gasteiger partial charge in [0.1, 0.15) is 17.9 Å². The molecule has 0 saturated heterocycles. The number of aliphatic imine (C=N–C) groups is 1. The number of nitrogens with zero attached hydrogens (tertiary/aromatic N) is 1. The first-order valence-electron chi connectivity index (χ1n) is 7.94. The molecule has 4 rings (SSSR count). The summed E-state index contributed by atoms with van der Waals surface area (Å²) in [5.41, 5.74) is 10.7. The van der Waals surface area contributed by atoms with Crippen molar-refractivity contribution < 1.29 is 4.42 Å². The standard InChI is InChI=1S/C19H19N3O/c20-19(22-16-9-8-13-5-3-6-14(13)10-16)21-12-17-11-15-4-1-2-7-18(15)23-17/h1-2,4,7-11H,3,5-6,12H2,(H3,20,21,22). The first-order valence-corrected chi connectivity index (χ1v) is 7.94. The third-order valence-electron chi connectivity index (χ3n) is 4.25. The molecular formula is C19H19N3O. The van der Waals surface area contributed by atoms with Gasteiger partial charge in [0.05, 0.1) is 0 Å². The van der Waals surface area contributed by atoms with E-state index in [1.807, 2.05) is 30.3 Å². The number of guanidine groups is 1. The molecular weight excluding hydrogens is 286 g/mol. The van der Waals surface area contributed by atoms with Crippen LogP contribution in [0.1, 0.15) is 23.3 Å². The van der Waals surface area contributed by atoms with E-state index >= 15 is 0 Å².